The van der Waals surface area contributed by atoms with Gasteiger partial charge in [0.2, 0.25) is 0 Å². The fourth-order valence-electron chi connectivity index (χ4n) is 0.562. The fraction of sp³-hybridized carbons (Fsp3) is 1.00. The molecule has 0 aromatic rings. The Hall–Kier alpha value is -0.120. The summed E-state index contributed by atoms with van der Waals surface area (Å²) in [5.41, 5.74) is -0.769. The molecule has 0 rings (SSSR count). The van der Waals surface area contributed by atoms with Crippen LogP contribution in [-0.2, 0) is 0 Å². The Labute approximate surface area is 62.1 Å². The molecule has 0 aliphatic carbocycles. The highest BCUT2D eigenvalue weighted by molar-refractivity contribution is 4.65. The third kappa shape index (κ3) is 4.73. The molecular formula is C7H17NO2. The number of aliphatic hydroxyl groups is 2. The molecule has 0 aliphatic heterocycles. The van der Waals surface area contributed by atoms with Gasteiger partial charge in [-0.05, 0) is 26.3 Å². The van der Waals surface area contributed by atoms with Crippen LogP contribution in [0.15, 0.2) is 0 Å². The minimum Gasteiger partial charge on any atom is -0.396 e. The van der Waals surface area contributed by atoms with E-state index >= 15 is 0 Å². The highest BCUT2D eigenvalue weighted by Gasteiger charge is 2.14. The summed E-state index contributed by atoms with van der Waals surface area (Å²) in [5.74, 6) is 0. The predicted octanol–water partition coefficient (Wildman–Crippen LogP) is 0.0769. The Morgan fingerprint density at radius 1 is 1.50 bits per heavy atom. The second-order valence-electron chi connectivity index (χ2n) is 2.63. The minimum atomic E-state index is -0.769. The Morgan fingerprint density at radius 3 is 2.50 bits per heavy atom. The molecule has 0 bridgehead atoms. The standard InChI is InChI=1S/C7H17NO2/c1-3-7(2,10)8-5-4-6-9/h8-10H,3-6H2,1-2H3. The first kappa shape index (κ1) is 9.88. The van der Waals surface area contributed by atoms with E-state index in [1.807, 2.05) is 6.92 Å². The lowest BCUT2D eigenvalue weighted by Crippen LogP contribution is -2.42. The molecule has 0 aliphatic rings. The van der Waals surface area contributed by atoms with Gasteiger partial charge < -0.3 is 10.2 Å². The molecule has 0 aromatic carbocycles. The van der Waals surface area contributed by atoms with Crippen molar-refractivity contribution in [2.45, 2.75) is 32.4 Å². The van der Waals surface area contributed by atoms with Crippen molar-refractivity contribution in [3.05, 3.63) is 0 Å². The number of aliphatic hydroxyl groups excluding tert-OH is 1. The van der Waals surface area contributed by atoms with Crippen molar-refractivity contribution >= 4 is 0 Å². The van der Waals surface area contributed by atoms with Crippen LogP contribution < -0.4 is 5.32 Å². The second kappa shape index (κ2) is 4.66. The van der Waals surface area contributed by atoms with Gasteiger partial charge >= 0.3 is 0 Å². The van der Waals surface area contributed by atoms with Crippen LogP contribution in [0.5, 0.6) is 0 Å². The Balaban J connectivity index is 3.28. The van der Waals surface area contributed by atoms with Gasteiger partial charge in [0.1, 0.15) is 5.72 Å². The van der Waals surface area contributed by atoms with Gasteiger partial charge in [-0.3, -0.25) is 5.32 Å². The first-order chi connectivity index (χ1) is 4.62. The lowest BCUT2D eigenvalue weighted by molar-refractivity contribution is 0.0194. The van der Waals surface area contributed by atoms with Crippen molar-refractivity contribution in [2.24, 2.45) is 0 Å². The molecule has 1 unspecified atom stereocenters. The van der Waals surface area contributed by atoms with Crippen LogP contribution in [0.3, 0.4) is 0 Å². The van der Waals surface area contributed by atoms with Gasteiger partial charge in [0, 0.05) is 6.61 Å². The third-order valence-corrected chi connectivity index (χ3v) is 1.53. The molecule has 0 spiro atoms. The molecule has 1 atom stereocenters. The largest absolute Gasteiger partial charge is 0.396 e. The smallest absolute Gasteiger partial charge is 0.112 e. The van der Waals surface area contributed by atoms with Crippen molar-refractivity contribution in [3.8, 4) is 0 Å². The molecule has 3 nitrogen and oxygen atoms in total. The zero-order valence-corrected chi connectivity index (χ0v) is 6.72. The van der Waals surface area contributed by atoms with Gasteiger partial charge in [-0.1, -0.05) is 6.92 Å². The van der Waals surface area contributed by atoms with Crippen molar-refractivity contribution in [2.75, 3.05) is 13.2 Å². The maximum absolute atomic E-state index is 9.36. The zero-order valence-electron chi connectivity index (χ0n) is 6.72. The number of nitrogens with one attached hydrogen (secondary N) is 1. The maximum Gasteiger partial charge on any atom is 0.112 e. The summed E-state index contributed by atoms with van der Waals surface area (Å²) in [6, 6.07) is 0. The lowest BCUT2D eigenvalue weighted by atomic mass is 10.2. The maximum atomic E-state index is 9.36. The fourth-order valence-corrected chi connectivity index (χ4v) is 0.562. The van der Waals surface area contributed by atoms with Gasteiger partial charge in [-0.2, -0.15) is 0 Å². The molecule has 10 heavy (non-hydrogen) atoms. The van der Waals surface area contributed by atoms with E-state index < -0.39 is 5.72 Å². The van der Waals surface area contributed by atoms with Gasteiger partial charge in [0.15, 0.2) is 0 Å². The van der Waals surface area contributed by atoms with E-state index in [9.17, 15) is 5.11 Å². The van der Waals surface area contributed by atoms with Crippen LogP contribution >= 0.6 is 0 Å². The Kier molecular flexibility index (Phi) is 4.60. The zero-order chi connectivity index (χ0) is 8.04. The predicted molar refractivity (Wildman–Crippen MR) is 40.6 cm³/mol. The van der Waals surface area contributed by atoms with Crippen molar-refractivity contribution in [3.63, 3.8) is 0 Å². The van der Waals surface area contributed by atoms with E-state index in [4.69, 9.17) is 5.11 Å². The van der Waals surface area contributed by atoms with E-state index in [-0.39, 0.29) is 6.61 Å². The van der Waals surface area contributed by atoms with Crippen LogP contribution in [0.25, 0.3) is 0 Å². The number of hydrogen-bond acceptors (Lipinski definition) is 3. The van der Waals surface area contributed by atoms with Crippen LogP contribution in [0.4, 0.5) is 0 Å². The van der Waals surface area contributed by atoms with Gasteiger partial charge in [-0.15, -0.1) is 0 Å². The molecule has 3 N–H and O–H groups in total. The SMILES string of the molecule is CCC(C)(O)NCCCO. The molecule has 0 heterocycles. The average molecular weight is 147 g/mol. The number of rotatable bonds is 5. The first-order valence-corrected chi connectivity index (χ1v) is 3.70. The van der Waals surface area contributed by atoms with Crippen LogP contribution in [0.1, 0.15) is 26.7 Å². The molecular weight excluding hydrogens is 130 g/mol. The monoisotopic (exact) mass is 147 g/mol. The van der Waals surface area contributed by atoms with E-state index in [0.29, 0.717) is 19.4 Å². The molecule has 0 aromatic heterocycles. The highest BCUT2D eigenvalue weighted by Crippen LogP contribution is 2.01. The van der Waals surface area contributed by atoms with E-state index in [0.717, 1.165) is 0 Å². The molecule has 0 radical (unpaired) electrons. The van der Waals surface area contributed by atoms with Gasteiger partial charge in [0.05, 0.1) is 0 Å². The van der Waals surface area contributed by atoms with E-state index in [1.165, 1.54) is 0 Å². The average Bonchev–Trinajstić information content (AvgIpc) is 1.89. The Morgan fingerprint density at radius 2 is 2.10 bits per heavy atom. The summed E-state index contributed by atoms with van der Waals surface area (Å²) in [6.07, 6.45) is 1.37. The topological polar surface area (TPSA) is 52.5 Å². The van der Waals surface area contributed by atoms with Crippen molar-refractivity contribution in [1.29, 1.82) is 0 Å². The molecule has 0 saturated carbocycles. The summed E-state index contributed by atoms with van der Waals surface area (Å²) in [7, 11) is 0. The van der Waals surface area contributed by atoms with Crippen molar-refractivity contribution < 1.29 is 10.2 Å². The van der Waals surface area contributed by atoms with Gasteiger partial charge in [0.25, 0.3) is 0 Å². The summed E-state index contributed by atoms with van der Waals surface area (Å²) < 4.78 is 0. The van der Waals surface area contributed by atoms with Crippen LogP contribution in [-0.4, -0.2) is 29.1 Å². The molecule has 0 amide bonds. The summed E-state index contributed by atoms with van der Waals surface area (Å²) >= 11 is 0. The lowest BCUT2D eigenvalue weighted by Gasteiger charge is -2.22. The summed E-state index contributed by atoms with van der Waals surface area (Å²) in [5, 5.41) is 20.7. The number of hydrogen-bond donors (Lipinski definition) is 3. The van der Waals surface area contributed by atoms with Gasteiger partial charge in [-0.25, -0.2) is 0 Å². The van der Waals surface area contributed by atoms with E-state index in [1.54, 1.807) is 6.92 Å². The van der Waals surface area contributed by atoms with Crippen LogP contribution in [0.2, 0.25) is 0 Å². The second-order valence-corrected chi connectivity index (χ2v) is 2.63. The molecule has 3 heteroatoms. The first-order valence-electron chi connectivity index (χ1n) is 3.70. The molecule has 0 fully saturated rings. The van der Waals surface area contributed by atoms with E-state index in [2.05, 4.69) is 5.32 Å². The summed E-state index contributed by atoms with van der Waals surface area (Å²) in [6.45, 7) is 4.47. The minimum absolute atomic E-state index is 0.173. The van der Waals surface area contributed by atoms with Crippen molar-refractivity contribution in [1.82, 2.24) is 5.32 Å². The Bertz CT molecular complexity index is 83.7. The molecule has 62 valence electrons. The van der Waals surface area contributed by atoms with Crippen LogP contribution in [0, 0.1) is 0 Å². The third-order valence-electron chi connectivity index (χ3n) is 1.53. The highest BCUT2D eigenvalue weighted by atomic mass is 16.3. The summed E-state index contributed by atoms with van der Waals surface area (Å²) in [4.78, 5) is 0. The normalized spacial score (nSPS) is 16.8. The quantitative estimate of drug-likeness (QED) is 0.381. The molecule has 0 saturated heterocycles.